The van der Waals surface area contributed by atoms with Crippen molar-refractivity contribution < 1.29 is 5.11 Å². The summed E-state index contributed by atoms with van der Waals surface area (Å²) in [5, 5.41) is 11.3. The van der Waals surface area contributed by atoms with Crippen LogP contribution in [0.4, 0.5) is 0 Å². The van der Waals surface area contributed by atoms with Crippen molar-refractivity contribution in [3.05, 3.63) is 71.8 Å². The van der Waals surface area contributed by atoms with E-state index in [-0.39, 0.29) is 10.8 Å². The van der Waals surface area contributed by atoms with Gasteiger partial charge in [0.2, 0.25) is 0 Å². The first-order chi connectivity index (χ1) is 12.1. The Balaban J connectivity index is 1.88. The van der Waals surface area contributed by atoms with Crippen LogP contribution in [0.2, 0.25) is 0 Å². The van der Waals surface area contributed by atoms with Gasteiger partial charge in [0.05, 0.1) is 0 Å². The highest BCUT2D eigenvalue weighted by atomic mass is 16.3. The van der Waals surface area contributed by atoms with Crippen molar-refractivity contribution in [2.45, 2.75) is 56.0 Å². The van der Waals surface area contributed by atoms with E-state index in [1.165, 1.54) is 24.0 Å². The normalized spacial score (nSPS) is 27.0. The molecule has 0 aliphatic heterocycles. The molecule has 25 heavy (non-hydrogen) atoms. The second kappa shape index (κ2) is 6.04. The molecule has 2 fully saturated rings. The molecule has 1 atom stereocenters. The van der Waals surface area contributed by atoms with Gasteiger partial charge < -0.3 is 5.11 Å². The van der Waals surface area contributed by atoms with Crippen molar-refractivity contribution in [1.29, 1.82) is 0 Å². The van der Waals surface area contributed by atoms with Gasteiger partial charge in [0.15, 0.2) is 0 Å². The summed E-state index contributed by atoms with van der Waals surface area (Å²) in [6.45, 7) is 0. The van der Waals surface area contributed by atoms with Crippen LogP contribution in [0.3, 0.4) is 0 Å². The lowest BCUT2D eigenvalue weighted by molar-refractivity contribution is -0.0840. The maximum atomic E-state index is 11.3. The Morgan fingerprint density at radius 1 is 0.760 bits per heavy atom. The highest BCUT2D eigenvalue weighted by Gasteiger charge is 2.59. The summed E-state index contributed by atoms with van der Waals surface area (Å²) < 4.78 is 0. The van der Waals surface area contributed by atoms with Gasteiger partial charge in [-0.25, -0.2) is 0 Å². The number of hydrogen-bond acceptors (Lipinski definition) is 1. The fourth-order valence-corrected chi connectivity index (χ4v) is 5.51. The van der Waals surface area contributed by atoms with E-state index >= 15 is 0 Å². The Labute approximate surface area is 151 Å². The van der Waals surface area contributed by atoms with Gasteiger partial charge in [-0.2, -0.15) is 0 Å². The van der Waals surface area contributed by atoms with Gasteiger partial charge in [0, 0.05) is 10.8 Å². The molecule has 2 aliphatic carbocycles. The monoisotopic (exact) mass is 330 g/mol. The third kappa shape index (κ3) is 2.43. The largest absolute Gasteiger partial charge is 0.377 e. The molecule has 1 heteroatoms. The van der Waals surface area contributed by atoms with Crippen molar-refractivity contribution in [2.24, 2.45) is 5.41 Å². The molecular weight excluding hydrogens is 304 g/mol. The van der Waals surface area contributed by atoms with Gasteiger partial charge in [0.25, 0.3) is 0 Å². The zero-order chi connectivity index (χ0) is 17.4. The number of terminal acetylenes is 1. The predicted octanol–water partition coefficient (Wildman–Crippen LogP) is 5.08. The summed E-state index contributed by atoms with van der Waals surface area (Å²) in [4.78, 5) is 0. The van der Waals surface area contributed by atoms with E-state index in [0.717, 1.165) is 25.7 Å². The summed E-state index contributed by atoms with van der Waals surface area (Å²) in [5.41, 5.74) is 1.52. The molecule has 2 aromatic rings. The molecule has 1 spiro atoms. The third-order valence-electron chi connectivity index (χ3n) is 6.88. The van der Waals surface area contributed by atoms with Crippen LogP contribution in [-0.4, -0.2) is 10.7 Å². The fourth-order valence-electron chi connectivity index (χ4n) is 5.51. The molecule has 1 nitrogen and oxygen atoms in total. The van der Waals surface area contributed by atoms with Crippen molar-refractivity contribution in [2.75, 3.05) is 0 Å². The zero-order valence-corrected chi connectivity index (χ0v) is 14.7. The minimum atomic E-state index is -0.962. The SMILES string of the molecule is C#CC1(O)CCC(c2ccccc2)(c2ccccc2)CC12CCCC2. The fraction of sp³-hybridized carbons (Fsp3) is 0.417. The molecule has 0 aromatic heterocycles. The molecule has 1 unspecified atom stereocenters. The predicted molar refractivity (Wildman–Crippen MR) is 102 cm³/mol. The maximum absolute atomic E-state index is 11.3. The summed E-state index contributed by atoms with van der Waals surface area (Å²) in [6.07, 6.45) is 12.8. The van der Waals surface area contributed by atoms with Gasteiger partial charge in [0.1, 0.15) is 5.60 Å². The summed E-state index contributed by atoms with van der Waals surface area (Å²) in [5.74, 6) is 2.81. The van der Waals surface area contributed by atoms with Gasteiger partial charge in [-0.3, -0.25) is 0 Å². The molecule has 4 rings (SSSR count). The first-order valence-electron chi connectivity index (χ1n) is 9.45. The lowest BCUT2D eigenvalue weighted by Crippen LogP contribution is -2.55. The average Bonchev–Trinajstić information content (AvgIpc) is 3.15. The lowest BCUT2D eigenvalue weighted by atomic mass is 9.51. The molecule has 0 bridgehead atoms. The molecule has 0 amide bonds. The molecule has 2 aliphatic rings. The van der Waals surface area contributed by atoms with Crippen molar-refractivity contribution >= 4 is 0 Å². The summed E-state index contributed by atoms with van der Waals surface area (Å²) >= 11 is 0. The van der Waals surface area contributed by atoms with Crippen LogP contribution in [0.1, 0.15) is 56.1 Å². The minimum Gasteiger partial charge on any atom is -0.377 e. The van der Waals surface area contributed by atoms with E-state index in [2.05, 4.69) is 66.6 Å². The first kappa shape index (κ1) is 16.4. The van der Waals surface area contributed by atoms with Gasteiger partial charge in [-0.05, 0) is 43.2 Å². The van der Waals surface area contributed by atoms with Crippen LogP contribution in [0.15, 0.2) is 60.7 Å². The van der Waals surface area contributed by atoms with Crippen LogP contribution < -0.4 is 0 Å². The van der Waals surface area contributed by atoms with Crippen molar-refractivity contribution in [1.82, 2.24) is 0 Å². The van der Waals surface area contributed by atoms with Crippen molar-refractivity contribution in [3.8, 4) is 12.3 Å². The van der Waals surface area contributed by atoms with E-state index in [1.54, 1.807) is 0 Å². The van der Waals surface area contributed by atoms with E-state index in [4.69, 9.17) is 6.42 Å². The van der Waals surface area contributed by atoms with Crippen molar-refractivity contribution in [3.63, 3.8) is 0 Å². The smallest absolute Gasteiger partial charge is 0.130 e. The second-order valence-corrected chi connectivity index (χ2v) is 7.98. The Kier molecular flexibility index (Phi) is 3.97. The summed E-state index contributed by atoms with van der Waals surface area (Å²) in [6, 6.07) is 21.7. The highest BCUT2D eigenvalue weighted by molar-refractivity contribution is 5.42. The van der Waals surface area contributed by atoms with E-state index in [9.17, 15) is 5.11 Å². The molecule has 0 radical (unpaired) electrons. The first-order valence-corrected chi connectivity index (χ1v) is 9.45. The van der Waals surface area contributed by atoms with Crippen LogP contribution in [0.5, 0.6) is 0 Å². The molecule has 1 N–H and O–H groups in total. The lowest BCUT2D eigenvalue weighted by Gasteiger charge is -2.54. The molecular formula is C24H26O. The van der Waals surface area contributed by atoms with Crippen LogP contribution in [0, 0.1) is 17.8 Å². The molecule has 0 heterocycles. The second-order valence-electron chi connectivity index (χ2n) is 7.98. The number of rotatable bonds is 2. The Morgan fingerprint density at radius 3 is 1.76 bits per heavy atom. The Bertz CT molecular complexity index is 725. The average molecular weight is 330 g/mol. The molecule has 2 saturated carbocycles. The Morgan fingerprint density at radius 2 is 1.28 bits per heavy atom. The van der Waals surface area contributed by atoms with E-state index < -0.39 is 5.60 Å². The summed E-state index contributed by atoms with van der Waals surface area (Å²) in [7, 11) is 0. The topological polar surface area (TPSA) is 20.2 Å². The van der Waals surface area contributed by atoms with Gasteiger partial charge in [-0.1, -0.05) is 79.4 Å². The van der Waals surface area contributed by atoms with E-state index in [1.807, 2.05) is 0 Å². The number of hydrogen-bond donors (Lipinski definition) is 1. The quantitative estimate of drug-likeness (QED) is 0.761. The van der Waals surface area contributed by atoms with E-state index in [0.29, 0.717) is 6.42 Å². The molecule has 2 aromatic carbocycles. The zero-order valence-electron chi connectivity index (χ0n) is 14.7. The molecule has 128 valence electrons. The number of benzene rings is 2. The Hall–Kier alpha value is -2.04. The van der Waals surface area contributed by atoms with Crippen LogP contribution in [-0.2, 0) is 5.41 Å². The molecule has 0 saturated heterocycles. The van der Waals surface area contributed by atoms with Gasteiger partial charge >= 0.3 is 0 Å². The van der Waals surface area contributed by atoms with Crippen LogP contribution >= 0.6 is 0 Å². The third-order valence-corrected chi connectivity index (χ3v) is 6.88. The van der Waals surface area contributed by atoms with Crippen LogP contribution in [0.25, 0.3) is 0 Å². The standard InChI is InChI=1S/C24H26O/c1-2-24(25)18-17-23(20-11-5-3-6-12-20,21-13-7-4-8-14-21)19-22(24)15-9-10-16-22/h1,3-8,11-14,25H,9-10,15-19H2. The maximum Gasteiger partial charge on any atom is 0.130 e. The highest BCUT2D eigenvalue weighted by Crippen LogP contribution is 2.61. The van der Waals surface area contributed by atoms with Gasteiger partial charge in [-0.15, -0.1) is 6.42 Å². The number of aliphatic hydroxyl groups is 1. The minimum absolute atomic E-state index is 0.0596.